The summed E-state index contributed by atoms with van der Waals surface area (Å²) in [4.78, 5) is 0.248. The molecule has 122 valence electrons. The molecule has 1 aromatic rings. The fourth-order valence-corrected chi connectivity index (χ4v) is 2.84. The van der Waals surface area contributed by atoms with Crippen molar-refractivity contribution in [3.63, 3.8) is 0 Å². The quantitative estimate of drug-likeness (QED) is 0.763. The lowest BCUT2D eigenvalue weighted by Crippen LogP contribution is -2.38. The number of hydrogen-bond donors (Lipinski definition) is 2. The SMILES string of the molecule is CCN[C@H](C)CNS(=O)(=O)c1ccc(OC(C)C)cc1.Cl. The number of benzene rings is 1. The third-order valence-electron chi connectivity index (χ3n) is 2.64. The van der Waals surface area contributed by atoms with Crippen molar-refractivity contribution >= 4 is 22.4 Å². The Labute approximate surface area is 133 Å². The van der Waals surface area contributed by atoms with Crippen molar-refractivity contribution in [1.29, 1.82) is 0 Å². The molecule has 0 aromatic heterocycles. The molecule has 0 amide bonds. The maximum atomic E-state index is 12.1. The van der Waals surface area contributed by atoms with Crippen molar-refractivity contribution < 1.29 is 13.2 Å². The minimum absolute atomic E-state index is 0. The Kier molecular flexibility index (Phi) is 8.89. The smallest absolute Gasteiger partial charge is 0.240 e. The molecule has 21 heavy (non-hydrogen) atoms. The van der Waals surface area contributed by atoms with Gasteiger partial charge in [0.05, 0.1) is 11.0 Å². The van der Waals surface area contributed by atoms with Crippen LogP contribution in [0.15, 0.2) is 29.2 Å². The molecule has 1 atom stereocenters. The first-order chi connectivity index (χ1) is 9.35. The first-order valence-electron chi connectivity index (χ1n) is 6.85. The van der Waals surface area contributed by atoms with Crippen LogP contribution in [0.2, 0.25) is 0 Å². The van der Waals surface area contributed by atoms with Crippen LogP contribution in [-0.4, -0.2) is 33.7 Å². The van der Waals surface area contributed by atoms with E-state index in [1.807, 2.05) is 27.7 Å². The van der Waals surface area contributed by atoms with E-state index < -0.39 is 10.0 Å². The first-order valence-corrected chi connectivity index (χ1v) is 8.33. The van der Waals surface area contributed by atoms with Gasteiger partial charge in [-0.3, -0.25) is 0 Å². The third kappa shape index (κ3) is 7.13. The minimum Gasteiger partial charge on any atom is -0.491 e. The van der Waals surface area contributed by atoms with Gasteiger partial charge in [0.1, 0.15) is 5.75 Å². The van der Waals surface area contributed by atoms with Crippen molar-refractivity contribution in [2.24, 2.45) is 0 Å². The van der Waals surface area contributed by atoms with Gasteiger partial charge in [0, 0.05) is 12.6 Å². The summed E-state index contributed by atoms with van der Waals surface area (Å²) in [6.45, 7) is 8.94. The van der Waals surface area contributed by atoms with Crippen molar-refractivity contribution in [1.82, 2.24) is 10.0 Å². The first kappa shape index (κ1) is 20.2. The molecule has 1 aromatic carbocycles. The maximum absolute atomic E-state index is 12.1. The monoisotopic (exact) mass is 336 g/mol. The summed E-state index contributed by atoms with van der Waals surface area (Å²) in [7, 11) is -3.46. The van der Waals surface area contributed by atoms with Gasteiger partial charge < -0.3 is 10.1 Å². The van der Waals surface area contributed by atoms with Crippen LogP contribution in [0.25, 0.3) is 0 Å². The standard InChI is InChI=1S/C14H24N2O3S.ClH/c1-5-15-12(4)10-16-20(17,18)14-8-6-13(7-9-14)19-11(2)3;/h6-9,11-12,15-16H,5,10H2,1-4H3;1H/t12-;/m1./s1. The lowest BCUT2D eigenvalue weighted by Gasteiger charge is -2.14. The summed E-state index contributed by atoms with van der Waals surface area (Å²) >= 11 is 0. The summed E-state index contributed by atoms with van der Waals surface area (Å²) < 4.78 is 32.3. The van der Waals surface area contributed by atoms with Gasteiger partial charge in [-0.25, -0.2) is 13.1 Å². The Morgan fingerprint density at radius 2 is 1.71 bits per heavy atom. The van der Waals surface area contributed by atoms with E-state index in [2.05, 4.69) is 10.0 Å². The lowest BCUT2D eigenvalue weighted by molar-refractivity contribution is 0.242. The molecule has 5 nitrogen and oxygen atoms in total. The van der Waals surface area contributed by atoms with E-state index in [1.165, 1.54) is 0 Å². The van der Waals surface area contributed by atoms with E-state index in [-0.39, 0.29) is 29.4 Å². The zero-order valence-electron chi connectivity index (χ0n) is 12.9. The summed E-state index contributed by atoms with van der Waals surface area (Å²) in [5.41, 5.74) is 0. The molecule has 0 heterocycles. The molecule has 0 saturated carbocycles. The molecule has 0 aliphatic carbocycles. The van der Waals surface area contributed by atoms with Crippen molar-refractivity contribution in [3.05, 3.63) is 24.3 Å². The molecule has 0 aliphatic rings. The van der Waals surface area contributed by atoms with Crippen LogP contribution in [0.5, 0.6) is 5.75 Å². The summed E-state index contributed by atoms with van der Waals surface area (Å²) in [5.74, 6) is 0.667. The average molecular weight is 337 g/mol. The van der Waals surface area contributed by atoms with Crippen LogP contribution in [0.1, 0.15) is 27.7 Å². The molecule has 1 rings (SSSR count). The van der Waals surface area contributed by atoms with Crippen molar-refractivity contribution in [3.8, 4) is 5.75 Å². The van der Waals surface area contributed by atoms with Crippen LogP contribution < -0.4 is 14.8 Å². The molecule has 0 spiro atoms. The second-order valence-corrected chi connectivity index (χ2v) is 6.72. The van der Waals surface area contributed by atoms with Gasteiger partial charge in [0.15, 0.2) is 0 Å². The molecule has 0 aliphatic heterocycles. The van der Waals surface area contributed by atoms with Gasteiger partial charge in [-0.05, 0) is 51.6 Å². The fraction of sp³-hybridized carbons (Fsp3) is 0.571. The van der Waals surface area contributed by atoms with Crippen molar-refractivity contribution in [2.45, 2.75) is 44.7 Å². The highest BCUT2D eigenvalue weighted by atomic mass is 35.5. The highest BCUT2D eigenvalue weighted by Gasteiger charge is 2.15. The second kappa shape index (κ2) is 9.25. The topological polar surface area (TPSA) is 67.4 Å². The summed E-state index contributed by atoms with van der Waals surface area (Å²) in [6.07, 6.45) is 0.0662. The normalized spacial score (nSPS) is 12.8. The van der Waals surface area contributed by atoms with Gasteiger partial charge in [-0.15, -0.1) is 12.4 Å². The number of ether oxygens (including phenoxy) is 1. The van der Waals surface area contributed by atoms with E-state index in [9.17, 15) is 8.42 Å². The number of nitrogens with one attached hydrogen (secondary N) is 2. The summed E-state index contributed by atoms with van der Waals surface area (Å²) in [5, 5.41) is 3.15. The number of halogens is 1. The fourth-order valence-electron chi connectivity index (χ4n) is 1.71. The molecular formula is C14H25ClN2O3S. The van der Waals surface area contributed by atoms with E-state index in [1.54, 1.807) is 24.3 Å². The second-order valence-electron chi connectivity index (χ2n) is 4.95. The van der Waals surface area contributed by atoms with Gasteiger partial charge in [-0.2, -0.15) is 0 Å². The maximum Gasteiger partial charge on any atom is 0.240 e. The number of sulfonamides is 1. The molecule has 7 heteroatoms. The zero-order valence-corrected chi connectivity index (χ0v) is 14.6. The molecule has 0 fully saturated rings. The highest BCUT2D eigenvalue weighted by molar-refractivity contribution is 7.89. The molecule has 0 bridgehead atoms. The molecule has 0 unspecified atom stereocenters. The molecule has 0 saturated heterocycles. The van der Waals surface area contributed by atoms with Gasteiger partial charge in [-0.1, -0.05) is 6.92 Å². The lowest BCUT2D eigenvalue weighted by atomic mass is 10.3. The molecule has 0 radical (unpaired) electrons. The Balaban J connectivity index is 0.00000400. The Bertz CT molecular complexity index is 503. The molecule has 2 N–H and O–H groups in total. The predicted molar refractivity (Wildman–Crippen MR) is 87.8 cm³/mol. The number of likely N-dealkylation sites (N-methyl/N-ethyl adjacent to an activating group) is 1. The van der Waals surface area contributed by atoms with Gasteiger partial charge in [0.2, 0.25) is 10.0 Å². The van der Waals surface area contributed by atoms with Crippen LogP contribution in [0, 0.1) is 0 Å². The summed E-state index contributed by atoms with van der Waals surface area (Å²) in [6, 6.07) is 6.54. The van der Waals surface area contributed by atoms with E-state index >= 15 is 0 Å². The van der Waals surface area contributed by atoms with Crippen LogP contribution in [-0.2, 0) is 10.0 Å². The van der Waals surface area contributed by atoms with Crippen LogP contribution in [0.4, 0.5) is 0 Å². The average Bonchev–Trinajstić information content (AvgIpc) is 2.37. The Morgan fingerprint density at radius 3 is 2.19 bits per heavy atom. The van der Waals surface area contributed by atoms with E-state index in [0.29, 0.717) is 12.3 Å². The van der Waals surface area contributed by atoms with Crippen LogP contribution in [0.3, 0.4) is 0 Å². The van der Waals surface area contributed by atoms with Gasteiger partial charge in [0.25, 0.3) is 0 Å². The highest BCUT2D eigenvalue weighted by Crippen LogP contribution is 2.16. The predicted octanol–water partition coefficient (Wildman–Crippen LogP) is 2.17. The van der Waals surface area contributed by atoms with E-state index in [4.69, 9.17) is 4.74 Å². The molecular weight excluding hydrogens is 312 g/mol. The van der Waals surface area contributed by atoms with E-state index in [0.717, 1.165) is 6.54 Å². The number of hydrogen-bond acceptors (Lipinski definition) is 4. The number of rotatable bonds is 8. The van der Waals surface area contributed by atoms with Gasteiger partial charge >= 0.3 is 0 Å². The third-order valence-corrected chi connectivity index (χ3v) is 4.08. The zero-order chi connectivity index (χ0) is 15.2. The minimum atomic E-state index is -3.46. The largest absolute Gasteiger partial charge is 0.491 e. The Hall–Kier alpha value is -0.820. The van der Waals surface area contributed by atoms with Crippen molar-refractivity contribution in [2.75, 3.05) is 13.1 Å². The Morgan fingerprint density at radius 1 is 1.14 bits per heavy atom. The van der Waals surface area contributed by atoms with Crippen LogP contribution >= 0.6 is 12.4 Å².